The predicted octanol–water partition coefficient (Wildman–Crippen LogP) is 2.46. The maximum absolute atomic E-state index is 12.7. The van der Waals surface area contributed by atoms with Crippen molar-refractivity contribution in [3.63, 3.8) is 0 Å². The number of imide groups is 1. The van der Waals surface area contributed by atoms with Gasteiger partial charge in [-0.2, -0.15) is 0 Å². The molecule has 4 amide bonds. The van der Waals surface area contributed by atoms with Gasteiger partial charge in [-0.25, -0.2) is 4.79 Å². The molecule has 2 aromatic carbocycles. The van der Waals surface area contributed by atoms with Crippen molar-refractivity contribution in [3.05, 3.63) is 53.6 Å². The molecule has 2 aromatic rings. The molecule has 2 aliphatic heterocycles. The van der Waals surface area contributed by atoms with Crippen LogP contribution < -0.4 is 20.1 Å². The molecular weight excluding hydrogens is 402 g/mol. The number of nitrogens with zero attached hydrogens (tertiary/aromatic N) is 1. The number of ether oxygens (including phenoxy) is 2. The summed E-state index contributed by atoms with van der Waals surface area (Å²) in [5.41, 5.74) is 1.73. The van der Waals surface area contributed by atoms with E-state index in [0.717, 1.165) is 10.5 Å². The van der Waals surface area contributed by atoms with Crippen LogP contribution in [0.25, 0.3) is 0 Å². The fourth-order valence-corrected chi connectivity index (χ4v) is 3.46. The van der Waals surface area contributed by atoms with E-state index in [4.69, 9.17) is 9.47 Å². The molecule has 2 heterocycles. The van der Waals surface area contributed by atoms with Crippen LogP contribution >= 0.6 is 0 Å². The van der Waals surface area contributed by atoms with E-state index in [-0.39, 0.29) is 43.8 Å². The number of hydrogen-bond donors (Lipinski definition) is 2. The molecule has 160 valence electrons. The van der Waals surface area contributed by atoms with Crippen LogP contribution in [-0.4, -0.2) is 41.4 Å². The summed E-state index contributed by atoms with van der Waals surface area (Å²) < 4.78 is 10.6. The Morgan fingerprint density at radius 3 is 2.74 bits per heavy atom. The van der Waals surface area contributed by atoms with Crippen LogP contribution in [0.2, 0.25) is 0 Å². The number of nitrogens with one attached hydrogen (secondary N) is 2. The highest BCUT2D eigenvalue weighted by Crippen LogP contribution is 2.33. The highest BCUT2D eigenvalue weighted by molar-refractivity contribution is 6.04. The van der Waals surface area contributed by atoms with Gasteiger partial charge in [0.25, 0.3) is 5.91 Å². The van der Waals surface area contributed by atoms with Crippen LogP contribution in [0, 0.1) is 0 Å². The number of hydrogen-bond acceptors (Lipinski definition) is 6. The van der Waals surface area contributed by atoms with E-state index < -0.39 is 12.1 Å². The van der Waals surface area contributed by atoms with Crippen molar-refractivity contribution in [3.8, 4) is 11.5 Å². The normalized spacial score (nSPS) is 16.9. The van der Waals surface area contributed by atoms with E-state index in [1.807, 2.05) is 0 Å². The van der Waals surface area contributed by atoms with Gasteiger partial charge < -0.3 is 20.1 Å². The zero-order chi connectivity index (χ0) is 22.0. The smallest absolute Gasteiger partial charge is 0.325 e. The minimum atomic E-state index is -0.768. The second-order valence-corrected chi connectivity index (χ2v) is 7.34. The number of carbonyl (C=O) groups is 4. The molecule has 1 fully saturated rings. The summed E-state index contributed by atoms with van der Waals surface area (Å²) in [6.45, 7) is 1.69. The van der Waals surface area contributed by atoms with Crippen molar-refractivity contribution in [1.29, 1.82) is 0 Å². The second-order valence-electron chi connectivity index (χ2n) is 7.34. The van der Waals surface area contributed by atoms with Gasteiger partial charge in [0.05, 0.1) is 6.54 Å². The molecule has 31 heavy (non-hydrogen) atoms. The van der Waals surface area contributed by atoms with Crippen molar-refractivity contribution < 1.29 is 28.7 Å². The van der Waals surface area contributed by atoms with E-state index in [2.05, 4.69) is 10.6 Å². The van der Waals surface area contributed by atoms with Gasteiger partial charge in [-0.05, 0) is 43.2 Å². The van der Waals surface area contributed by atoms with Crippen LogP contribution in [0.5, 0.6) is 11.5 Å². The Kier molecular flexibility index (Phi) is 5.57. The van der Waals surface area contributed by atoms with Crippen molar-refractivity contribution in [2.24, 2.45) is 0 Å². The highest BCUT2D eigenvalue weighted by atomic mass is 16.7. The Hall–Kier alpha value is -3.88. The van der Waals surface area contributed by atoms with E-state index in [1.54, 1.807) is 42.5 Å². The summed E-state index contributed by atoms with van der Waals surface area (Å²) in [7, 11) is 0. The van der Waals surface area contributed by atoms with Gasteiger partial charge in [0.2, 0.25) is 12.7 Å². The zero-order valence-corrected chi connectivity index (χ0v) is 16.8. The highest BCUT2D eigenvalue weighted by Gasteiger charge is 2.38. The van der Waals surface area contributed by atoms with Crippen LogP contribution in [0.4, 0.5) is 10.5 Å². The van der Waals surface area contributed by atoms with E-state index in [9.17, 15) is 19.2 Å². The fraction of sp³-hybridized carbons (Fsp3) is 0.273. The number of urea groups is 1. The summed E-state index contributed by atoms with van der Waals surface area (Å²) in [6.07, 6.45) is 0.208. The Morgan fingerprint density at radius 2 is 1.94 bits per heavy atom. The third-order valence-corrected chi connectivity index (χ3v) is 5.10. The Morgan fingerprint density at radius 1 is 1.13 bits per heavy atom. The van der Waals surface area contributed by atoms with Gasteiger partial charge in [0.1, 0.15) is 6.04 Å². The number of amides is 4. The van der Waals surface area contributed by atoms with Crippen LogP contribution in [-0.2, 0) is 16.1 Å². The summed E-state index contributed by atoms with van der Waals surface area (Å²) in [5, 5.41) is 5.33. The number of fused-ring (bicyclic) bond motifs is 1. The average molecular weight is 423 g/mol. The first kappa shape index (κ1) is 20.4. The monoisotopic (exact) mass is 423 g/mol. The molecule has 1 atom stereocenters. The molecule has 2 aliphatic rings. The molecule has 0 saturated carbocycles. The van der Waals surface area contributed by atoms with Gasteiger partial charge in [0.15, 0.2) is 17.3 Å². The molecule has 0 aromatic heterocycles. The molecule has 0 spiro atoms. The minimum absolute atomic E-state index is 0.0405. The lowest BCUT2D eigenvalue weighted by atomic mass is 10.1. The van der Waals surface area contributed by atoms with Gasteiger partial charge >= 0.3 is 6.03 Å². The molecule has 1 saturated heterocycles. The van der Waals surface area contributed by atoms with Crippen molar-refractivity contribution in [2.75, 3.05) is 12.1 Å². The van der Waals surface area contributed by atoms with Crippen LogP contribution in [0.1, 0.15) is 35.7 Å². The Labute approximate surface area is 178 Å². The zero-order valence-electron chi connectivity index (χ0n) is 16.8. The molecule has 9 nitrogen and oxygen atoms in total. The summed E-state index contributed by atoms with van der Waals surface area (Å²) in [4.78, 5) is 49.8. The average Bonchev–Trinajstić information content (AvgIpc) is 3.32. The molecule has 4 rings (SSSR count). The van der Waals surface area contributed by atoms with Crippen LogP contribution in [0.15, 0.2) is 42.5 Å². The van der Waals surface area contributed by atoms with Crippen LogP contribution in [0.3, 0.4) is 0 Å². The summed E-state index contributed by atoms with van der Waals surface area (Å²) >= 11 is 0. The van der Waals surface area contributed by atoms with E-state index in [0.29, 0.717) is 22.7 Å². The van der Waals surface area contributed by atoms with Gasteiger partial charge in [-0.15, -0.1) is 0 Å². The number of benzene rings is 2. The number of ketones is 1. The summed E-state index contributed by atoms with van der Waals surface area (Å²) in [6, 6.07) is 10.6. The first-order valence-corrected chi connectivity index (χ1v) is 9.82. The number of rotatable bonds is 7. The topological polar surface area (TPSA) is 114 Å². The lowest BCUT2D eigenvalue weighted by Crippen LogP contribution is -2.31. The lowest BCUT2D eigenvalue weighted by molar-refractivity contribution is -0.128. The van der Waals surface area contributed by atoms with Crippen molar-refractivity contribution in [2.45, 2.75) is 32.4 Å². The minimum Gasteiger partial charge on any atom is -0.454 e. The predicted molar refractivity (Wildman–Crippen MR) is 110 cm³/mol. The lowest BCUT2D eigenvalue weighted by Gasteiger charge is -2.13. The number of anilines is 1. The van der Waals surface area contributed by atoms with Crippen molar-refractivity contribution >= 4 is 29.3 Å². The SMILES string of the molecule is CC(=O)c1cccc(NC(=O)CC[C@H]2NC(=O)N(Cc3ccc4c(c3)OCO4)C2=O)c1. The Balaban J connectivity index is 1.32. The van der Waals surface area contributed by atoms with Crippen molar-refractivity contribution in [1.82, 2.24) is 10.2 Å². The molecule has 9 heteroatoms. The van der Waals surface area contributed by atoms with Gasteiger partial charge in [-0.3, -0.25) is 19.3 Å². The molecule has 0 radical (unpaired) electrons. The molecular formula is C22H21N3O6. The standard InChI is InChI=1S/C22H21N3O6/c1-13(26)15-3-2-4-16(10-15)23-20(27)8-6-17-21(28)25(22(29)24-17)11-14-5-7-18-19(9-14)31-12-30-18/h2-5,7,9-10,17H,6,8,11-12H2,1H3,(H,23,27)(H,24,29)/t17-/m1/s1. The quantitative estimate of drug-likeness (QED) is 0.522. The Bertz CT molecular complexity index is 1070. The first-order valence-electron chi connectivity index (χ1n) is 9.82. The van der Waals surface area contributed by atoms with E-state index >= 15 is 0 Å². The third-order valence-electron chi connectivity index (χ3n) is 5.10. The van der Waals surface area contributed by atoms with Gasteiger partial charge in [0, 0.05) is 17.7 Å². The number of Topliss-reactive ketones (excluding diaryl/α,β-unsaturated/α-hetero) is 1. The third kappa shape index (κ3) is 4.50. The summed E-state index contributed by atoms with van der Waals surface area (Å²) in [5.74, 6) is 0.411. The maximum Gasteiger partial charge on any atom is 0.325 e. The number of carbonyl (C=O) groups excluding carboxylic acids is 4. The molecule has 0 bridgehead atoms. The molecule has 0 aliphatic carbocycles. The second kappa shape index (κ2) is 8.47. The van der Waals surface area contributed by atoms with E-state index in [1.165, 1.54) is 6.92 Å². The first-order chi connectivity index (χ1) is 14.9. The molecule has 2 N–H and O–H groups in total. The fourth-order valence-electron chi connectivity index (χ4n) is 3.46. The largest absolute Gasteiger partial charge is 0.454 e. The van der Waals surface area contributed by atoms with Gasteiger partial charge in [-0.1, -0.05) is 18.2 Å². The molecule has 0 unspecified atom stereocenters. The maximum atomic E-state index is 12.7.